The van der Waals surface area contributed by atoms with Gasteiger partial charge in [-0.15, -0.1) is 0 Å². The van der Waals surface area contributed by atoms with Crippen molar-refractivity contribution in [2.24, 2.45) is 0 Å². The van der Waals surface area contributed by atoms with Gasteiger partial charge >= 0.3 is 0 Å². The molecule has 0 bridgehead atoms. The normalized spacial score (nSPS) is 11.2. The summed E-state index contributed by atoms with van der Waals surface area (Å²) in [5.41, 5.74) is 2.71. The summed E-state index contributed by atoms with van der Waals surface area (Å²) >= 11 is 1.44. The lowest BCUT2D eigenvalue weighted by Crippen LogP contribution is -2.28. The highest BCUT2D eigenvalue weighted by Gasteiger charge is 2.13. The van der Waals surface area contributed by atoms with Crippen LogP contribution in [0.25, 0.3) is 11.0 Å². The molecule has 32 heavy (non-hydrogen) atoms. The molecule has 0 saturated heterocycles. The molecule has 3 rings (SSSR count). The number of nitrogens with zero attached hydrogens (tertiary/aromatic N) is 3. The number of amides is 1. The number of fused-ring (bicyclic) bond motifs is 1. The lowest BCUT2D eigenvalue weighted by atomic mass is 10.2. The molecule has 1 N–H and O–H groups in total. The number of nitrogens with one attached hydrogen (secondary N) is 1. The van der Waals surface area contributed by atoms with Gasteiger partial charge in [0.25, 0.3) is 0 Å². The summed E-state index contributed by atoms with van der Waals surface area (Å²) in [6, 6.07) is 13.5. The second-order valence-corrected chi connectivity index (χ2v) is 8.15. The molecule has 0 fully saturated rings. The number of carbonyl (C=O) groups excluding carboxylic acids is 1. The third-order valence-electron chi connectivity index (χ3n) is 5.28. The van der Waals surface area contributed by atoms with E-state index in [9.17, 15) is 4.79 Å². The summed E-state index contributed by atoms with van der Waals surface area (Å²) in [5, 5.41) is 3.80. The van der Waals surface area contributed by atoms with Crippen LogP contribution in [0.15, 0.2) is 47.6 Å². The van der Waals surface area contributed by atoms with E-state index in [1.54, 1.807) is 7.11 Å². The average molecular weight is 457 g/mol. The van der Waals surface area contributed by atoms with E-state index >= 15 is 0 Å². The molecular formula is C24H32N4O3S. The SMILES string of the molecule is CCN(CC)CCOc1cc(NC(=O)CSc2nc3ccccc3n2CC)ccc1OC. The minimum atomic E-state index is -0.0935. The summed E-state index contributed by atoms with van der Waals surface area (Å²) in [6.45, 7) is 10.5. The summed E-state index contributed by atoms with van der Waals surface area (Å²) in [7, 11) is 1.61. The number of para-hydroxylation sites is 2. The summed E-state index contributed by atoms with van der Waals surface area (Å²) in [5.74, 6) is 1.45. The van der Waals surface area contributed by atoms with Gasteiger partial charge in [0.05, 0.1) is 23.9 Å². The molecule has 0 atom stereocenters. The first-order valence-electron chi connectivity index (χ1n) is 11.0. The zero-order valence-electron chi connectivity index (χ0n) is 19.3. The van der Waals surface area contributed by atoms with Gasteiger partial charge < -0.3 is 24.3 Å². The first-order chi connectivity index (χ1) is 15.6. The van der Waals surface area contributed by atoms with Gasteiger partial charge in [-0.1, -0.05) is 37.7 Å². The van der Waals surface area contributed by atoms with Crippen LogP contribution in [0.2, 0.25) is 0 Å². The fourth-order valence-electron chi connectivity index (χ4n) is 3.49. The number of imidazole rings is 1. The maximum atomic E-state index is 12.6. The van der Waals surface area contributed by atoms with Crippen LogP contribution in [-0.2, 0) is 11.3 Å². The van der Waals surface area contributed by atoms with E-state index in [1.165, 1.54) is 11.8 Å². The number of aryl methyl sites for hydroxylation is 1. The third kappa shape index (κ3) is 5.95. The number of benzene rings is 2. The molecule has 172 valence electrons. The Morgan fingerprint density at radius 1 is 1.12 bits per heavy atom. The molecule has 2 aromatic carbocycles. The first kappa shape index (κ1) is 23.9. The van der Waals surface area contributed by atoms with Gasteiger partial charge in [0, 0.05) is 24.8 Å². The zero-order chi connectivity index (χ0) is 22.9. The van der Waals surface area contributed by atoms with E-state index in [-0.39, 0.29) is 11.7 Å². The molecule has 0 radical (unpaired) electrons. The highest BCUT2D eigenvalue weighted by molar-refractivity contribution is 7.99. The number of likely N-dealkylation sites (N-methyl/N-ethyl adjacent to an activating group) is 1. The topological polar surface area (TPSA) is 68.6 Å². The number of carbonyl (C=O) groups is 1. The Kier molecular flexibility index (Phi) is 8.81. The Balaban J connectivity index is 1.61. The number of rotatable bonds is 12. The van der Waals surface area contributed by atoms with E-state index < -0.39 is 0 Å². The van der Waals surface area contributed by atoms with Crippen LogP contribution in [0.3, 0.4) is 0 Å². The van der Waals surface area contributed by atoms with Gasteiger partial charge in [0.1, 0.15) is 6.61 Å². The number of hydrogen-bond donors (Lipinski definition) is 1. The molecule has 0 aliphatic heterocycles. The van der Waals surface area contributed by atoms with Crippen molar-refractivity contribution < 1.29 is 14.3 Å². The number of thioether (sulfide) groups is 1. The van der Waals surface area contributed by atoms with Crippen molar-refractivity contribution in [2.45, 2.75) is 32.5 Å². The molecule has 3 aromatic rings. The van der Waals surface area contributed by atoms with Crippen molar-refractivity contribution in [3.8, 4) is 11.5 Å². The van der Waals surface area contributed by atoms with Crippen LogP contribution in [-0.4, -0.2) is 59.5 Å². The lowest BCUT2D eigenvalue weighted by molar-refractivity contribution is -0.113. The number of aromatic nitrogens is 2. The number of methoxy groups -OCH3 is 1. The second-order valence-electron chi connectivity index (χ2n) is 7.21. The molecular weight excluding hydrogens is 424 g/mol. The van der Waals surface area contributed by atoms with Crippen molar-refractivity contribution >= 4 is 34.4 Å². The van der Waals surface area contributed by atoms with Gasteiger partial charge in [-0.3, -0.25) is 4.79 Å². The zero-order valence-corrected chi connectivity index (χ0v) is 20.1. The standard InChI is InChI=1S/C24H32N4O3S/c1-5-27(6-2)14-15-31-22-16-18(12-13-21(22)30-4)25-23(29)17-32-24-26-19-10-8-9-11-20(19)28(24)7-3/h8-13,16H,5-7,14-15,17H2,1-4H3,(H,25,29). The van der Waals surface area contributed by atoms with Crippen molar-refractivity contribution in [3.05, 3.63) is 42.5 Å². The smallest absolute Gasteiger partial charge is 0.234 e. The number of hydrogen-bond acceptors (Lipinski definition) is 6. The summed E-state index contributed by atoms with van der Waals surface area (Å²) in [4.78, 5) is 19.6. The highest BCUT2D eigenvalue weighted by atomic mass is 32.2. The lowest BCUT2D eigenvalue weighted by Gasteiger charge is -2.19. The van der Waals surface area contributed by atoms with Crippen LogP contribution in [0.1, 0.15) is 20.8 Å². The maximum absolute atomic E-state index is 12.6. The van der Waals surface area contributed by atoms with E-state index in [4.69, 9.17) is 9.47 Å². The van der Waals surface area contributed by atoms with Gasteiger partial charge in [0.15, 0.2) is 16.7 Å². The predicted molar refractivity (Wildman–Crippen MR) is 131 cm³/mol. The highest BCUT2D eigenvalue weighted by Crippen LogP contribution is 2.30. The quantitative estimate of drug-likeness (QED) is 0.404. The van der Waals surface area contributed by atoms with Crippen LogP contribution in [0, 0.1) is 0 Å². The van der Waals surface area contributed by atoms with Crippen LogP contribution in [0.5, 0.6) is 11.5 Å². The molecule has 0 saturated carbocycles. The molecule has 1 heterocycles. The van der Waals surface area contributed by atoms with E-state index in [2.05, 4.69) is 46.6 Å². The van der Waals surface area contributed by atoms with Gasteiger partial charge in [-0.05, 0) is 44.3 Å². The number of anilines is 1. The fourth-order valence-corrected chi connectivity index (χ4v) is 4.37. The maximum Gasteiger partial charge on any atom is 0.234 e. The van der Waals surface area contributed by atoms with Gasteiger partial charge in [-0.2, -0.15) is 0 Å². The van der Waals surface area contributed by atoms with E-state index in [0.29, 0.717) is 23.8 Å². The molecule has 1 amide bonds. The van der Waals surface area contributed by atoms with Crippen LogP contribution < -0.4 is 14.8 Å². The van der Waals surface area contributed by atoms with E-state index in [0.717, 1.165) is 42.4 Å². The Morgan fingerprint density at radius 2 is 1.91 bits per heavy atom. The number of ether oxygens (including phenoxy) is 2. The summed E-state index contributed by atoms with van der Waals surface area (Å²) in [6.07, 6.45) is 0. The molecule has 0 spiro atoms. The van der Waals surface area contributed by atoms with Gasteiger partial charge in [0.2, 0.25) is 5.91 Å². The van der Waals surface area contributed by atoms with Crippen molar-refractivity contribution in [1.82, 2.24) is 14.5 Å². The monoisotopic (exact) mass is 456 g/mol. The van der Waals surface area contributed by atoms with Gasteiger partial charge in [-0.25, -0.2) is 4.98 Å². The predicted octanol–water partition coefficient (Wildman–Crippen LogP) is 4.52. The van der Waals surface area contributed by atoms with Crippen LogP contribution >= 0.6 is 11.8 Å². The molecule has 1 aromatic heterocycles. The molecule has 7 nitrogen and oxygen atoms in total. The van der Waals surface area contributed by atoms with Crippen LogP contribution in [0.4, 0.5) is 5.69 Å². The fraction of sp³-hybridized carbons (Fsp3) is 0.417. The summed E-state index contributed by atoms with van der Waals surface area (Å²) < 4.78 is 13.5. The molecule has 8 heteroatoms. The van der Waals surface area contributed by atoms with Crippen molar-refractivity contribution in [1.29, 1.82) is 0 Å². The first-order valence-corrected chi connectivity index (χ1v) is 12.0. The molecule has 0 unspecified atom stereocenters. The minimum absolute atomic E-state index is 0.0935. The Bertz CT molecular complexity index is 1030. The third-order valence-corrected chi connectivity index (χ3v) is 6.25. The Morgan fingerprint density at radius 3 is 2.62 bits per heavy atom. The Labute approximate surface area is 194 Å². The second kappa shape index (κ2) is 11.8. The van der Waals surface area contributed by atoms with Crippen molar-refractivity contribution in [3.63, 3.8) is 0 Å². The minimum Gasteiger partial charge on any atom is -0.493 e. The average Bonchev–Trinajstić information content (AvgIpc) is 3.18. The largest absolute Gasteiger partial charge is 0.493 e. The van der Waals surface area contributed by atoms with Crippen molar-refractivity contribution in [2.75, 3.05) is 44.4 Å². The molecule has 0 aliphatic rings. The Hall–Kier alpha value is -2.71. The molecule has 0 aliphatic carbocycles. The van der Waals surface area contributed by atoms with E-state index in [1.807, 2.05) is 36.4 Å².